The third-order valence-corrected chi connectivity index (χ3v) is 2.59. The minimum absolute atomic E-state index is 0.0415. The quantitative estimate of drug-likeness (QED) is 0.673. The van der Waals surface area contributed by atoms with Crippen molar-refractivity contribution in [3.8, 4) is 6.07 Å². The minimum Gasteiger partial charge on any atom is -0.295 e. The van der Waals surface area contributed by atoms with Gasteiger partial charge in [0.2, 0.25) is 0 Å². The van der Waals surface area contributed by atoms with Crippen molar-refractivity contribution in [1.29, 1.82) is 5.26 Å². The van der Waals surface area contributed by atoms with Gasteiger partial charge in [-0.05, 0) is 46.0 Å². The largest absolute Gasteiger partial charge is 0.295 e. The van der Waals surface area contributed by atoms with Gasteiger partial charge in [-0.25, -0.2) is 0 Å². The van der Waals surface area contributed by atoms with Gasteiger partial charge in [0.05, 0.1) is 6.07 Å². The monoisotopic (exact) mass is 180 g/mol. The number of nitrogens with zero attached hydrogens (tertiary/aromatic N) is 1. The Kier molecular flexibility index (Phi) is 2.68. The average molecular weight is 180 g/mol. The van der Waals surface area contributed by atoms with Crippen LogP contribution in [0, 0.1) is 17.2 Å². The molecule has 1 N–H and O–H groups in total. The Morgan fingerprint density at radius 2 is 2.08 bits per heavy atom. The molecule has 2 unspecified atom stereocenters. The highest BCUT2D eigenvalue weighted by molar-refractivity contribution is 5.12. The Bertz CT molecular complexity index is 221. The molecule has 0 amide bonds. The summed E-state index contributed by atoms with van der Waals surface area (Å²) in [6.45, 7) is 8.59. The van der Waals surface area contributed by atoms with E-state index in [0.29, 0.717) is 5.92 Å². The molecule has 1 rings (SSSR count). The van der Waals surface area contributed by atoms with Crippen LogP contribution in [0.2, 0.25) is 0 Å². The molecule has 0 aliphatic heterocycles. The van der Waals surface area contributed by atoms with E-state index in [1.165, 1.54) is 6.42 Å². The highest BCUT2D eigenvalue weighted by Crippen LogP contribution is 2.35. The molecule has 0 bridgehead atoms. The fourth-order valence-corrected chi connectivity index (χ4v) is 2.25. The molecule has 74 valence electrons. The van der Waals surface area contributed by atoms with Crippen LogP contribution in [0.1, 0.15) is 47.0 Å². The average Bonchev–Trinajstić information content (AvgIpc) is 2.29. The molecule has 0 radical (unpaired) electrons. The van der Waals surface area contributed by atoms with E-state index in [9.17, 15) is 5.26 Å². The van der Waals surface area contributed by atoms with Crippen LogP contribution in [-0.2, 0) is 0 Å². The van der Waals surface area contributed by atoms with Gasteiger partial charge in [0, 0.05) is 5.54 Å². The molecule has 2 nitrogen and oxygen atoms in total. The zero-order chi connectivity index (χ0) is 10.1. The van der Waals surface area contributed by atoms with Crippen LogP contribution >= 0.6 is 0 Å². The highest BCUT2D eigenvalue weighted by atomic mass is 15.0. The zero-order valence-corrected chi connectivity index (χ0v) is 9.15. The van der Waals surface area contributed by atoms with Gasteiger partial charge in [0.25, 0.3) is 0 Å². The lowest BCUT2D eigenvalue weighted by atomic mass is 9.94. The second-order valence-corrected chi connectivity index (χ2v) is 5.42. The SMILES string of the molecule is CC1CCC(C#N)(NC(C)(C)C)C1. The van der Waals surface area contributed by atoms with Crippen molar-refractivity contribution in [2.24, 2.45) is 5.92 Å². The molecule has 2 heteroatoms. The Labute approximate surface area is 81.3 Å². The molecule has 0 spiro atoms. The Morgan fingerprint density at radius 3 is 2.38 bits per heavy atom. The van der Waals surface area contributed by atoms with Crippen molar-refractivity contribution in [2.75, 3.05) is 0 Å². The molecule has 13 heavy (non-hydrogen) atoms. The first-order valence-electron chi connectivity index (χ1n) is 5.07. The van der Waals surface area contributed by atoms with E-state index in [4.69, 9.17) is 0 Å². The number of hydrogen-bond donors (Lipinski definition) is 1. The Morgan fingerprint density at radius 1 is 1.46 bits per heavy atom. The first kappa shape index (κ1) is 10.5. The van der Waals surface area contributed by atoms with Crippen molar-refractivity contribution < 1.29 is 0 Å². The van der Waals surface area contributed by atoms with Gasteiger partial charge < -0.3 is 0 Å². The minimum atomic E-state index is -0.252. The summed E-state index contributed by atoms with van der Waals surface area (Å²) in [4.78, 5) is 0. The lowest BCUT2D eigenvalue weighted by Crippen LogP contribution is -2.51. The third kappa shape index (κ3) is 2.70. The molecule has 0 saturated heterocycles. The van der Waals surface area contributed by atoms with Crippen molar-refractivity contribution in [2.45, 2.75) is 58.0 Å². The van der Waals surface area contributed by atoms with E-state index in [2.05, 4.69) is 39.1 Å². The summed E-state index contributed by atoms with van der Waals surface area (Å²) < 4.78 is 0. The van der Waals surface area contributed by atoms with Crippen LogP contribution in [0.3, 0.4) is 0 Å². The van der Waals surface area contributed by atoms with Crippen molar-refractivity contribution in [1.82, 2.24) is 5.32 Å². The van der Waals surface area contributed by atoms with E-state index in [-0.39, 0.29) is 11.1 Å². The van der Waals surface area contributed by atoms with Crippen LogP contribution < -0.4 is 5.32 Å². The van der Waals surface area contributed by atoms with Crippen LogP contribution in [0.15, 0.2) is 0 Å². The fourth-order valence-electron chi connectivity index (χ4n) is 2.25. The Balaban J connectivity index is 2.68. The second kappa shape index (κ2) is 3.31. The smallest absolute Gasteiger partial charge is 0.107 e. The molecule has 1 saturated carbocycles. The molecular weight excluding hydrogens is 160 g/mol. The molecule has 0 heterocycles. The molecule has 1 aliphatic carbocycles. The van der Waals surface area contributed by atoms with Gasteiger partial charge in [-0.3, -0.25) is 5.32 Å². The van der Waals surface area contributed by atoms with Gasteiger partial charge in [-0.2, -0.15) is 5.26 Å². The summed E-state index contributed by atoms with van der Waals surface area (Å²) in [5.41, 5.74) is -0.211. The van der Waals surface area contributed by atoms with Crippen LogP contribution in [-0.4, -0.2) is 11.1 Å². The fraction of sp³-hybridized carbons (Fsp3) is 0.909. The summed E-state index contributed by atoms with van der Waals surface area (Å²) >= 11 is 0. The predicted octanol–water partition coefficient (Wildman–Crippen LogP) is 2.46. The maximum atomic E-state index is 9.19. The molecule has 0 aromatic carbocycles. The van der Waals surface area contributed by atoms with Gasteiger partial charge in [-0.15, -0.1) is 0 Å². The summed E-state index contributed by atoms with van der Waals surface area (Å²) in [6, 6.07) is 2.45. The highest BCUT2D eigenvalue weighted by Gasteiger charge is 2.39. The van der Waals surface area contributed by atoms with Gasteiger partial charge >= 0.3 is 0 Å². The van der Waals surface area contributed by atoms with Crippen LogP contribution in [0.5, 0.6) is 0 Å². The molecule has 1 fully saturated rings. The van der Waals surface area contributed by atoms with Crippen molar-refractivity contribution >= 4 is 0 Å². The molecule has 0 aromatic rings. The van der Waals surface area contributed by atoms with E-state index in [1.807, 2.05) is 0 Å². The molecular formula is C11H20N2. The Hall–Kier alpha value is -0.550. The molecule has 0 aromatic heterocycles. The van der Waals surface area contributed by atoms with Gasteiger partial charge in [-0.1, -0.05) is 6.92 Å². The lowest BCUT2D eigenvalue weighted by molar-refractivity contribution is 0.298. The third-order valence-electron chi connectivity index (χ3n) is 2.59. The van der Waals surface area contributed by atoms with Crippen LogP contribution in [0.4, 0.5) is 0 Å². The van der Waals surface area contributed by atoms with E-state index < -0.39 is 0 Å². The first-order valence-corrected chi connectivity index (χ1v) is 5.07. The summed E-state index contributed by atoms with van der Waals surface area (Å²) in [5.74, 6) is 0.689. The maximum absolute atomic E-state index is 9.19. The lowest BCUT2D eigenvalue weighted by Gasteiger charge is -2.32. The summed E-state index contributed by atoms with van der Waals surface area (Å²) in [5, 5.41) is 12.6. The van der Waals surface area contributed by atoms with Crippen LogP contribution in [0.25, 0.3) is 0 Å². The summed E-state index contributed by atoms with van der Waals surface area (Å²) in [6.07, 6.45) is 3.18. The standard InChI is InChI=1S/C11H20N2/c1-9-5-6-11(7-9,8-12)13-10(2,3)4/h9,13H,5-7H2,1-4H3. The first-order chi connectivity index (χ1) is 5.87. The maximum Gasteiger partial charge on any atom is 0.107 e. The van der Waals surface area contributed by atoms with Crippen molar-refractivity contribution in [3.63, 3.8) is 0 Å². The number of rotatable bonds is 1. The zero-order valence-electron chi connectivity index (χ0n) is 9.15. The molecule has 1 aliphatic rings. The second-order valence-electron chi connectivity index (χ2n) is 5.42. The van der Waals surface area contributed by atoms with E-state index in [0.717, 1.165) is 12.8 Å². The van der Waals surface area contributed by atoms with E-state index in [1.54, 1.807) is 0 Å². The number of nitriles is 1. The van der Waals surface area contributed by atoms with Gasteiger partial charge in [0.1, 0.15) is 5.54 Å². The molecule has 2 atom stereocenters. The van der Waals surface area contributed by atoms with Gasteiger partial charge in [0.15, 0.2) is 0 Å². The predicted molar refractivity (Wildman–Crippen MR) is 54.2 cm³/mol. The topological polar surface area (TPSA) is 35.8 Å². The van der Waals surface area contributed by atoms with Crippen molar-refractivity contribution in [3.05, 3.63) is 0 Å². The van der Waals surface area contributed by atoms with E-state index >= 15 is 0 Å². The summed E-state index contributed by atoms with van der Waals surface area (Å²) in [7, 11) is 0. The number of nitrogens with one attached hydrogen (secondary N) is 1. The normalized spacial score (nSPS) is 34.5. The number of hydrogen-bond acceptors (Lipinski definition) is 2.